The van der Waals surface area contributed by atoms with Crippen molar-refractivity contribution in [2.75, 3.05) is 19.7 Å². The lowest BCUT2D eigenvalue weighted by Crippen LogP contribution is -2.67. The second kappa shape index (κ2) is 6.36. The third-order valence-corrected chi connectivity index (χ3v) is 4.50. The fraction of sp³-hybridized carbons (Fsp3) is 0.412. The predicted molar refractivity (Wildman–Crippen MR) is 84.5 cm³/mol. The maximum atomic E-state index is 13.7. The molecule has 0 bridgehead atoms. The molecule has 0 aliphatic carbocycles. The van der Waals surface area contributed by atoms with E-state index >= 15 is 0 Å². The van der Waals surface area contributed by atoms with E-state index in [0.29, 0.717) is 38.2 Å². The number of aromatic nitrogens is 3. The first-order valence-corrected chi connectivity index (χ1v) is 8.12. The highest BCUT2D eigenvalue weighted by Crippen LogP contribution is 2.36. The molecule has 2 saturated heterocycles. The summed E-state index contributed by atoms with van der Waals surface area (Å²) in [6, 6.07) is 4.43. The van der Waals surface area contributed by atoms with Crippen molar-refractivity contribution in [2.24, 2.45) is 0 Å². The lowest BCUT2D eigenvalue weighted by Gasteiger charge is -2.52. The molecule has 2 aliphatic heterocycles. The summed E-state index contributed by atoms with van der Waals surface area (Å²) in [5.41, 5.74) is -0.0688. The third kappa shape index (κ3) is 3.17. The molecule has 2 fully saturated rings. The van der Waals surface area contributed by atoms with Crippen molar-refractivity contribution in [2.45, 2.75) is 24.5 Å². The van der Waals surface area contributed by atoms with Gasteiger partial charge in [0.1, 0.15) is 23.7 Å². The third-order valence-electron chi connectivity index (χ3n) is 4.50. The van der Waals surface area contributed by atoms with Gasteiger partial charge in [0, 0.05) is 25.2 Å². The number of hydrogen-bond donors (Lipinski definition) is 0. The highest BCUT2D eigenvalue weighted by Gasteiger charge is 2.50. The predicted octanol–water partition coefficient (Wildman–Crippen LogP) is 1.46. The average Bonchev–Trinajstić information content (AvgIpc) is 2.62. The van der Waals surface area contributed by atoms with E-state index in [1.165, 1.54) is 30.9 Å². The van der Waals surface area contributed by atoms with Crippen molar-refractivity contribution in [3.8, 4) is 5.88 Å². The average molecular weight is 344 g/mol. The lowest BCUT2D eigenvalue weighted by atomic mass is 9.84. The van der Waals surface area contributed by atoms with Gasteiger partial charge in [-0.2, -0.15) is 0 Å². The Kier molecular flexibility index (Phi) is 4.04. The summed E-state index contributed by atoms with van der Waals surface area (Å²) in [6.45, 7) is 1.45. The number of pyridine rings is 1. The van der Waals surface area contributed by atoms with Gasteiger partial charge in [0.25, 0.3) is 11.8 Å². The summed E-state index contributed by atoms with van der Waals surface area (Å²) in [7, 11) is 0. The van der Waals surface area contributed by atoms with Gasteiger partial charge in [0.05, 0.1) is 19.7 Å². The topological polar surface area (TPSA) is 77.4 Å². The number of carbonyl (C=O) groups excluding carboxylic acids is 1. The molecule has 25 heavy (non-hydrogen) atoms. The number of halogens is 1. The zero-order valence-corrected chi connectivity index (χ0v) is 13.5. The van der Waals surface area contributed by atoms with E-state index in [9.17, 15) is 9.18 Å². The lowest BCUT2D eigenvalue weighted by molar-refractivity contribution is -0.174. The molecule has 2 aromatic heterocycles. The Labute approximate surface area is 143 Å². The molecule has 0 aromatic carbocycles. The molecule has 2 aliphatic rings. The van der Waals surface area contributed by atoms with Crippen LogP contribution in [0.3, 0.4) is 0 Å². The van der Waals surface area contributed by atoms with Gasteiger partial charge in [-0.3, -0.25) is 4.79 Å². The highest BCUT2D eigenvalue weighted by atomic mass is 19.1. The van der Waals surface area contributed by atoms with Gasteiger partial charge >= 0.3 is 0 Å². The fourth-order valence-corrected chi connectivity index (χ4v) is 3.29. The molecule has 1 amide bonds. The number of carbonyl (C=O) groups is 1. The molecular formula is C17H17FN4O3. The normalized spacial score (nSPS) is 21.6. The van der Waals surface area contributed by atoms with Crippen molar-refractivity contribution in [1.29, 1.82) is 0 Å². The summed E-state index contributed by atoms with van der Waals surface area (Å²) >= 11 is 0. The fourth-order valence-electron chi connectivity index (χ4n) is 3.29. The number of hydrogen-bond acceptors (Lipinski definition) is 6. The summed E-state index contributed by atoms with van der Waals surface area (Å²) in [6.07, 6.45) is 5.46. The Morgan fingerprint density at radius 1 is 1.32 bits per heavy atom. The second-order valence-electron chi connectivity index (χ2n) is 6.31. The molecule has 8 heteroatoms. The van der Waals surface area contributed by atoms with E-state index in [4.69, 9.17) is 9.47 Å². The van der Waals surface area contributed by atoms with Crippen molar-refractivity contribution in [3.63, 3.8) is 0 Å². The number of amides is 1. The van der Waals surface area contributed by atoms with E-state index in [1.54, 1.807) is 11.0 Å². The van der Waals surface area contributed by atoms with Gasteiger partial charge in [-0.05, 0) is 18.2 Å². The molecular weight excluding hydrogens is 327 g/mol. The van der Waals surface area contributed by atoms with Gasteiger partial charge in [-0.15, -0.1) is 0 Å². The van der Waals surface area contributed by atoms with E-state index in [2.05, 4.69) is 15.0 Å². The zero-order valence-electron chi connectivity index (χ0n) is 13.5. The van der Waals surface area contributed by atoms with Crippen LogP contribution < -0.4 is 4.74 Å². The quantitative estimate of drug-likeness (QED) is 0.839. The minimum atomic E-state index is -0.475. The first-order valence-electron chi connectivity index (χ1n) is 8.12. The molecule has 1 atom stereocenters. The van der Waals surface area contributed by atoms with Gasteiger partial charge < -0.3 is 14.4 Å². The van der Waals surface area contributed by atoms with Gasteiger partial charge in [0.2, 0.25) is 0 Å². The van der Waals surface area contributed by atoms with E-state index in [0.717, 1.165) is 0 Å². The molecule has 4 heterocycles. The molecule has 0 N–H and O–H groups in total. The molecule has 4 rings (SSSR count). The largest absolute Gasteiger partial charge is 0.472 e. The van der Waals surface area contributed by atoms with Crippen LogP contribution in [0.2, 0.25) is 0 Å². The van der Waals surface area contributed by atoms with Crippen LogP contribution in [-0.4, -0.2) is 57.2 Å². The molecule has 130 valence electrons. The van der Waals surface area contributed by atoms with Crippen molar-refractivity contribution >= 4 is 5.91 Å². The molecule has 1 spiro atoms. The molecule has 0 unspecified atom stereocenters. The van der Waals surface area contributed by atoms with Crippen molar-refractivity contribution < 1.29 is 18.7 Å². The van der Waals surface area contributed by atoms with E-state index in [-0.39, 0.29) is 17.9 Å². The SMILES string of the molecule is O=C(c1ccncn1)N1CC2(C[C@@H](Oc3ncccc3F)CCO2)C1. The van der Waals surface area contributed by atoms with Crippen LogP contribution in [0.25, 0.3) is 0 Å². The molecule has 2 aromatic rings. The summed E-state index contributed by atoms with van der Waals surface area (Å²) in [5, 5.41) is 0. The van der Waals surface area contributed by atoms with Gasteiger partial charge in [-0.1, -0.05) is 0 Å². The summed E-state index contributed by atoms with van der Waals surface area (Å²) in [5.74, 6) is -0.606. The van der Waals surface area contributed by atoms with Crippen LogP contribution in [0.4, 0.5) is 4.39 Å². The Bertz CT molecular complexity index is 767. The first kappa shape index (κ1) is 15.9. The second-order valence-corrected chi connectivity index (χ2v) is 6.31. The van der Waals surface area contributed by atoms with Crippen molar-refractivity contribution in [1.82, 2.24) is 19.9 Å². The van der Waals surface area contributed by atoms with E-state index in [1.807, 2.05) is 0 Å². The summed E-state index contributed by atoms with van der Waals surface area (Å²) < 4.78 is 25.3. The Morgan fingerprint density at radius 2 is 2.20 bits per heavy atom. The first-order chi connectivity index (χ1) is 12.2. The standard InChI is InChI=1S/C17H17FN4O3/c18-13-2-1-5-20-15(13)25-12-4-7-24-17(8-12)9-22(10-17)16(23)14-3-6-19-11-21-14/h1-3,5-6,11-12H,4,7-10H2/t12-/m0/s1. The van der Waals surface area contributed by atoms with Crippen LogP contribution in [0.15, 0.2) is 36.9 Å². The van der Waals surface area contributed by atoms with Crippen LogP contribution in [-0.2, 0) is 4.74 Å². The minimum absolute atomic E-state index is 0.0118. The van der Waals surface area contributed by atoms with E-state index < -0.39 is 11.4 Å². The van der Waals surface area contributed by atoms with Crippen molar-refractivity contribution in [3.05, 3.63) is 48.4 Å². The highest BCUT2D eigenvalue weighted by molar-refractivity contribution is 5.92. The Balaban J connectivity index is 1.38. The monoisotopic (exact) mass is 344 g/mol. The molecule has 7 nitrogen and oxygen atoms in total. The maximum absolute atomic E-state index is 13.7. The summed E-state index contributed by atoms with van der Waals surface area (Å²) in [4.78, 5) is 25.8. The Morgan fingerprint density at radius 3 is 2.96 bits per heavy atom. The maximum Gasteiger partial charge on any atom is 0.272 e. The Hall–Kier alpha value is -2.61. The number of nitrogens with zero attached hydrogens (tertiary/aromatic N) is 4. The molecule has 0 radical (unpaired) electrons. The van der Waals surface area contributed by atoms with Crippen LogP contribution >= 0.6 is 0 Å². The molecule has 0 saturated carbocycles. The smallest absolute Gasteiger partial charge is 0.272 e. The minimum Gasteiger partial charge on any atom is -0.472 e. The number of likely N-dealkylation sites (tertiary alicyclic amines) is 1. The van der Waals surface area contributed by atoms with Crippen LogP contribution in [0.5, 0.6) is 5.88 Å². The number of ether oxygens (including phenoxy) is 2. The van der Waals surface area contributed by atoms with Crippen LogP contribution in [0.1, 0.15) is 23.3 Å². The zero-order chi connectivity index (χ0) is 17.3. The van der Waals surface area contributed by atoms with Gasteiger partial charge in [-0.25, -0.2) is 19.3 Å². The number of rotatable bonds is 3. The van der Waals surface area contributed by atoms with Gasteiger partial charge in [0.15, 0.2) is 5.82 Å². The van der Waals surface area contributed by atoms with Crippen LogP contribution in [0, 0.1) is 5.82 Å².